The zero-order chi connectivity index (χ0) is 19.9. The molecule has 1 aromatic carbocycles. The molecule has 31 heavy (non-hydrogen) atoms. The fourth-order valence-corrected chi connectivity index (χ4v) is 6.65. The zero-order valence-corrected chi connectivity index (χ0v) is 19.0. The molecule has 2 aliphatic heterocycles. The molecule has 1 fully saturated rings. The van der Waals surface area contributed by atoms with Crippen molar-refractivity contribution in [3.63, 3.8) is 0 Å². The van der Waals surface area contributed by atoms with Gasteiger partial charge in [0.05, 0.1) is 30.6 Å². The first-order chi connectivity index (χ1) is 13.4. The zero-order valence-electron chi connectivity index (χ0n) is 16.6. The second-order valence-corrected chi connectivity index (χ2v) is 9.89. The van der Waals surface area contributed by atoms with Gasteiger partial charge in [-0.05, 0) is 36.1 Å². The summed E-state index contributed by atoms with van der Waals surface area (Å²) in [5, 5.41) is 0.659. The minimum absolute atomic E-state index is 0. The van der Waals surface area contributed by atoms with Crippen LogP contribution in [0.25, 0.3) is 0 Å². The second kappa shape index (κ2) is 11.0. The highest BCUT2D eigenvalue weighted by Gasteiger charge is 2.44. The van der Waals surface area contributed by atoms with Crippen molar-refractivity contribution in [1.29, 1.82) is 0 Å². The lowest BCUT2D eigenvalue weighted by molar-refractivity contribution is -0.945. The quantitative estimate of drug-likeness (QED) is 0.545. The standard InChI is InChI=1S/C22H25ClN2O2S.2CH4.ClH/c1-25-10-3-2-4-18(25)21-17(9-11-25)20(22(24)27)19(28-21)13-16(26)12-14-5-7-15(23)8-6-14;;;/h5-8,18H,2-4,9-13H2,1H3,(H-,24,27);2*1H4;1H/p+1. The van der Waals surface area contributed by atoms with Crippen molar-refractivity contribution in [2.24, 2.45) is 5.73 Å². The molecule has 0 saturated carbocycles. The third-order valence-corrected chi connectivity index (χ3v) is 7.94. The first kappa shape index (κ1) is 27.6. The lowest BCUT2D eigenvalue weighted by Crippen LogP contribution is -2.53. The van der Waals surface area contributed by atoms with Crippen molar-refractivity contribution in [2.45, 2.75) is 59.4 Å². The maximum absolute atomic E-state index is 12.7. The highest BCUT2D eigenvalue weighted by molar-refractivity contribution is 7.12. The Morgan fingerprint density at radius 3 is 2.45 bits per heavy atom. The molecule has 2 aromatic rings. The number of fused-ring (bicyclic) bond motifs is 3. The number of nitrogens with zero attached hydrogens (tertiary/aromatic N) is 1. The van der Waals surface area contributed by atoms with Crippen LogP contribution < -0.4 is 5.73 Å². The number of halogens is 2. The van der Waals surface area contributed by atoms with Gasteiger partial charge in [-0.25, -0.2) is 0 Å². The normalized spacial score (nSPS) is 21.4. The molecule has 2 atom stereocenters. The van der Waals surface area contributed by atoms with Crippen molar-refractivity contribution >= 4 is 47.0 Å². The summed E-state index contributed by atoms with van der Waals surface area (Å²) < 4.78 is 1.06. The molecule has 2 aliphatic rings. The number of quaternary nitrogens is 1. The number of Topliss-reactive ketones (excluding diaryl/α,β-unsaturated/α-hetero) is 1. The SMILES string of the molecule is C.C.C[N+]12CCCCC1c1sc(CC(=O)Cc3ccc(Cl)cc3)c(C(N)=O)c1CC2.Cl. The number of amides is 1. The van der Waals surface area contributed by atoms with Crippen LogP contribution in [0.3, 0.4) is 0 Å². The lowest BCUT2D eigenvalue weighted by Gasteiger charge is -2.47. The third kappa shape index (κ3) is 5.51. The maximum atomic E-state index is 12.7. The van der Waals surface area contributed by atoms with Crippen LogP contribution in [-0.2, 0) is 24.1 Å². The number of carbonyl (C=O) groups excluding carboxylic acids is 2. The van der Waals surface area contributed by atoms with Gasteiger partial charge in [0, 0.05) is 35.6 Å². The van der Waals surface area contributed by atoms with Gasteiger partial charge in [0.1, 0.15) is 11.8 Å². The predicted octanol–water partition coefficient (Wildman–Crippen LogP) is 5.78. The lowest BCUT2D eigenvalue weighted by atomic mass is 9.88. The Bertz CT molecular complexity index is 926. The van der Waals surface area contributed by atoms with Crippen LogP contribution in [0.4, 0.5) is 0 Å². The molecule has 4 rings (SSSR count). The Morgan fingerprint density at radius 1 is 1.13 bits per heavy atom. The van der Waals surface area contributed by atoms with E-state index >= 15 is 0 Å². The van der Waals surface area contributed by atoms with Gasteiger partial charge in [0.15, 0.2) is 0 Å². The summed E-state index contributed by atoms with van der Waals surface area (Å²) in [6.07, 6.45) is 5.14. The number of ketones is 1. The number of benzene rings is 1. The number of nitrogens with two attached hydrogens (primary N) is 1. The van der Waals surface area contributed by atoms with Gasteiger partial charge in [-0.1, -0.05) is 38.6 Å². The van der Waals surface area contributed by atoms with Crippen LogP contribution in [-0.4, -0.2) is 36.3 Å². The van der Waals surface area contributed by atoms with Crippen molar-refractivity contribution in [2.75, 3.05) is 20.1 Å². The van der Waals surface area contributed by atoms with E-state index in [0.29, 0.717) is 23.0 Å². The molecule has 4 nitrogen and oxygen atoms in total. The van der Waals surface area contributed by atoms with Gasteiger partial charge in [-0.2, -0.15) is 0 Å². The Morgan fingerprint density at radius 2 is 1.81 bits per heavy atom. The Labute approximate surface area is 201 Å². The average Bonchev–Trinajstić information content (AvgIpc) is 3.01. The van der Waals surface area contributed by atoms with Crippen LogP contribution in [0.2, 0.25) is 5.02 Å². The Balaban J connectivity index is 0.00000160. The van der Waals surface area contributed by atoms with E-state index in [1.54, 1.807) is 23.5 Å². The van der Waals surface area contributed by atoms with Crippen LogP contribution in [0, 0.1) is 0 Å². The number of thiophene rings is 1. The van der Waals surface area contributed by atoms with Crippen LogP contribution in [0.15, 0.2) is 24.3 Å². The summed E-state index contributed by atoms with van der Waals surface area (Å²) in [5.74, 6) is -0.289. The average molecular weight is 487 g/mol. The molecule has 1 saturated heterocycles. The number of likely N-dealkylation sites (N-methyl/N-ethyl adjacent to an activating group) is 1. The molecular weight excluding hydrogens is 451 g/mol. The molecular formula is C24H35Cl2N2O2S+. The van der Waals surface area contributed by atoms with E-state index in [1.807, 2.05) is 12.1 Å². The summed E-state index contributed by atoms with van der Waals surface area (Å²) in [6.45, 7) is 2.24. The summed E-state index contributed by atoms with van der Waals surface area (Å²) in [7, 11) is 2.34. The van der Waals surface area contributed by atoms with Crippen molar-refractivity contribution in [3.05, 3.63) is 55.7 Å². The minimum Gasteiger partial charge on any atom is -0.366 e. The Hall–Kier alpha value is -1.40. The molecule has 7 heteroatoms. The van der Waals surface area contributed by atoms with Gasteiger partial charge in [-0.15, -0.1) is 23.7 Å². The summed E-state index contributed by atoms with van der Waals surface area (Å²) in [6, 6.07) is 7.79. The maximum Gasteiger partial charge on any atom is 0.250 e. The Kier molecular flexibility index (Phi) is 9.76. The van der Waals surface area contributed by atoms with Crippen molar-refractivity contribution in [3.8, 4) is 0 Å². The smallest absolute Gasteiger partial charge is 0.250 e. The number of carbonyl (C=O) groups is 2. The first-order valence-corrected chi connectivity index (χ1v) is 11.1. The molecule has 0 bridgehead atoms. The van der Waals surface area contributed by atoms with Gasteiger partial charge < -0.3 is 10.2 Å². The first-order valence-electron chi connectivity index (χ1n) is 9.92. The molecule has 2 N–H and O–H groups in total. The van der Waals surface area contributed by atoms with E-state index in [1.165, 1.54) is 24.3 Å². The molecule has 0 aliphatic carbocycles. The highest BCUT2D eigenvalue weighted by Crippen LogP contribution is 2.47. The monoisotopic (exact) mass is 485 g/mol. The third-order valence-electron chi connectivity index (χ3n) is 6.35. The molecule has 0 spiro atoms. The van der Waals surface area contributed by atoms with Crippen molar-refractivity contribution in [1.82, 2.24) is 0 Å². The highest BCUT2D eigenvalue weighted by atomic mass is 35.5. The summed E-state index contributed by atoms with van der Waals surface area (Å²) in [4.78, 5) is 27.1. The van der Waals surface area contributed by atoms with Crippen LogP contribution in [0.5, 0.6) is 0 Å². The van der Waals surface area contributed by atoms with E-state index in [-0.39, 0.29) is 39.5 Å². The minimum atomic E-state index is -0.390. The summed E-state index contributed by atoms with van der Waals surface area (Å²) in [5.41, 5.74) is 8.45. The van der Waals surface area contributed by atoms with Gasteiger partial charge in [-0.3, -0.25) is 9.59 Å². The van der Waals surface area contributed by atoms with Gasteiger partial charge in [0.25, 0.3) is 0 Å². The van der Waals surface area contributed by atoms with E-state index in [4.69, 9.17) is 17.3 Å². The van der Waals surface area contributed by atoms with E-state index in [0.717, 1.165) is 39.9 Å². The van der Waals surface area contributed by atoms with Gasteiger partial charge >= 0.3 is 0 Å². The number of rotatable bonds is 5. The van der Waals surface area contributed by atoms with E-state index in [2.05, 4.69) is 7.05 Å². The second-order valence-electron chi connectivity index (χ2n) is 8.31. The molecule has 1 aromatic heterocycles. The molecule has 172 valence electrons. The number of hydrogen-bond donors (Lipinski definition) is 1. The predicted molar refractivity (Wildman–Crippen MR) is 134 cm³/mol. The largest absolute Gasteiger partial charge is 0.366 e. The fraction of sp³-hybridized carbons (Fsp3) is 0.500. The molecule has 3 heterocycles. The summed E-state index contributed by atoms with van der Waals surface area (Å²) >= 11 is 7.58. The van der Waals surface area contributed by atoms with Crippen LogP contribution >= 0.6 is 35.3 Å². The molecule has 1 amide bonds. The van der Waals surface area contributed by atoms with Crippen molar-refractivity contribution < 1.29 is 14.1 Å². The van der Waals surface area contributed by atoms with Crippen LogP contribution in [0.1, 0.15) is 71.4 Å². The number of hydrogen-bond acceptors (Lipinski definition) is 3. The van der Waals surface area contributed by atoms with Gasteiger partial charge in [0.2, 0.25) is 5.91 Å². The van der Waals surface area contributed by atoms with E-state index < -0.39 is 5.91 Å². The molecule has 2 unspecified atom stereocenters. The molecule has 0 radical (unpaired) electrons. The van der Waals surface area contributed by atoms with E-state index in [9.17, 15) is 9.59 Å². The fourth-order valence-electron chi connectivity index (χ4n) is 4.86. The number of piperidine rings is 1. The topological polar surface area (TPSA) is 60.2 Å². The number of primary amides is 1.